The van der Waals surface area contributed by atoms with Crippen molar-refractivity contribution in [3.05, 3.63) is 29.6 Å². The van der Waals surface area contributed by atoms with E-state index in [2.05, 4.69) is 4.98 Å². The molecule has 11 heteroatoms. The van der Waals surface area contributed by atoms with Crippen molar-refractivity contribution in [2.45, 2.75) is 24.3 Å². The number of hydrogen-bond acceptors (Lipinski definition) is 5. The van der Waals surface area contributed by atoms with Gasteiger partial charge in [0.05, 0.1) is 24.0 Å². The summed E-state index contributed by atoms with van der Waals surface area (Å²) in [5.74, 6) is -0.516. The lowest BCUT2D eigenvalue weighted by atomic mass is 10.1. The molecule has 1 amide bonds. The molecule has 150 valence electrons. The van der Waals surface area contributed by atoms with Crippen LogP contribution in [-0.2, 0) is 20.9 Å². The molecule has 7 nitrogen and oxygen atoms in total. The number of aromatic nitrogens is 1. The second-order valence-corrected chi connectivity index (χ2v) is 8.71. The average Bonchev–Trinajstić information content (AvgIpc) is 2.67. The highest BCUT2D eigenvalue weighted by Crippen LogP contribution is 2.28. The van der Waals surface area contributed by atoms with Gasteiger partial charge in [-0.25, -0.2) is 8.42 Å². The molecule has 2 fully saturated rings. The van der Waals surface area contributed by atoms with E-state index < -0.39 is 33.1 Å². The minimum absolute atomic E-state index is 0.00687. The fourth-order valence-electron chi connectivity index (χ4n) is 3.25. The van der Waals surface area contributed by atoms with E-state index in [1.165, 1.54) is 9.21 Å². The molecule has 3 rings (SSSR count). The monoisotopic (exact) mass is 407 g/mol. The number of amides is 1. The number of carbonyl (C=O) groups excluding carboxylic acids is 1. The number of likely N-dealkylation sites (tertiary alicyclic amines) is 1. The predicted octanol–water partition coefficient (Wildman–Crippen LogP) is 1.37. The van der Waals surface area contributed by atoms with Crippen LogP contribution >= 0.6 is 0 Å². The van der Waals surface area contributed by atoms with E-state index in [1.807, 2.05) is 0 Å². The SMILES string of the molecule is O=C(c1ccc(C(F)(F)F)nc1)N1CCC[C@@H](S(=O)(=O)N2CCOCC2)C1. The number of alkyl halides is 3. The summed E-state index contributed by atoms with van der Waals surface area (Å²) >= 11 is 0. The second-order valence-electron chi connectivity index (χ2n) is 6.50. The van der Waals surface area contributed by atoms with Crippen LogP contribution in [0.3, 0.4) is 0 Å². The number of sulfonamides is 1. The summed E-state index contributed by atoms with van der Waals surface area (Å²) in [4.78, 5) is 17.3. The number of pyridine rings is 1. The minimum atomic E-state index is -4.58. The molecule has 0 N–H and O–H groups in total. The zero-order valence-electron chi connectivity index (χ0n) is 14.5. The van der Waals surface area contributed by atoms with E-state index in [1.54, 1.807) is 0 Å². The zero-order valence-corrected chi connectivity index (χ0v) is 15.3. The summed E-state index contributed by atoms with van der Waals surface area (Å²) in [6.45, 7) is 1.62. The Bertz CT molecular complexity index is 777. The third kappa shape index (κ3) is 4.41. The van der Waals surface area contributed by atoms with Crippen LogP contribution in [0.1, 0.15) is 28.9 Å². The Kier molecular flexibility index (Phi) is 5.73. The molecule has 2 aliphatic heterocycles. The third-order valence-corrected chi connectivity index (χ3v) is 7.03. The average molecular weight is 407 g/mol. The number of carbonyl (C=O) groups is 1. The fourth-order valence-corrected chi connectivity index (χ4v) is 5.16. The Labute approximate surface area is 155 Å². The van der Waals surface area contributed by atoms with Crippen molar-refractivity contribution in [3.8, 4) is 0 Å². The third-order valence-electron chi connectivity index (χ3n) is 4.72. The highest BCUT2D eigenvalue weighted by Gasteiger charge is 2.38. The summed E-state index contributed by atoms with van der Waals surface area (Å²) < 4.78 is 69.9. The summed E-state index contributed by atoms with van der Waals surface area (Å²) in [5, 5.41) is -0.726. The van der Waals surface area contributed by atoms with Gasteiger partial charge in [0.1, 0.15) is 5.69 Å². The van der Waals surface area contributed by atoms with E-state index >= 15 is 0 Å². The van der Waals surface area contributed by atoms with Gasteiger partial charge in [0.15, 0.2) is 0 Å². The molecule has 0 aliphatic carbocycles. The first-order chi connectivity index (χ1) is 12.7. The first-order valence-corrected chi connectivity index (χ1v) is 10.1. The molecule has 0 radical (unpaired) electrons. The largest absolute Gasteiger partial charge is 0.433 e. The lowest BCUT2D eigenvalue weighted by Gasteiger charge is -2.36. The molecule has 0 aromatic carbocycles. The summed E-state index contributed by atoms with van der Waals surface area (Å²) in [6.07, 6.45) is -2.75. The molecule has 3 heterocycles. The molecular weight excluding hydrogens is 387 g/mol. The van der Waals surface area contributed by atoms with E-state index in [0.29, 0.717) is 32.6 Å². The van der Waals surface area contributed by atoms with Crippen molar-refractivity contribution in [3.63, 3.8) is 0 Å². The van der Waals surface area contributed by atoms with Gasteiger partial charge in [0.2, 0.25) is 10.0 Å². The van der Waals surface area contributed by atoms with Crippen LogP contribution in [0.25, 0.3) is 0 Å². The standard InChI is InChI=1S/C16H20F3N3O4S/c17-16(18,19)14-4-3-12(10-20-14)15(23)21-5-1-2-13(11-21)27(24,25)22-6-8-26-9-7-22/h3-4,10,13H,1-2,5-9,11H2/t13-/m1/s1. The molecule has 0 spiro atoms. The molecule has 0 saturated carbocycles. The Balaban J connectivity index is 1.71. The zero-order chi connectivity index (χ0) is 19.7. The number of nitrogens with zero attached hydrogens (tertiary/aromatic N) is 3. The maximum absolute atomic E-state index is 12.8. The summed E-state index contributed by atoms with van der Waals surface area (Å²) in [6, 6.07) is 1.82. The number of halogens is 3. The summed E-state index contributed by atoms with van der Waals surface area (Å²) in [7, 11) is -3.56. The molecule has 1 aromatic rings. The number of morpholine rings is 1. The van der Waals surface area contributed by atoms with Crippen LogP contribution in [0.4, 0.5) is 13.2 Å². The van der Waals surface area contributed by atoms with Crippen LogP contribution in [0.5, 0.6) is 0 Å². The molecular formula is C16H20F3N3O4S. The number of hydrogen-bond donors (Lipinski definition) is 0. The van der Waals surface area contributed by atoms with Crippen molar-refractivity contribution in [2.24, 2.45) is 0 Å². The van der Waals surface area contributed by atoms with Crippen molar-refractivity contribution in [2.75, 3.05) is 39.4 Å². The maximum Gasteiger partial charge on any atom is 0.433 e. The Morgan fingerprint density at radius 2 is 1.89 bits per heavy atom. The molecule has 1 aromatic heterocycles. The Morgan fingerprint density at radius 3 is 2.48 bits per heavy atom. The first kappa shape index (κ1) is 20.0. The van der Waals surface area contributed by atoms with E-state index in [-0.39, 0.29) is 25.2 Å². The van der Waals surface area contributed by atoms with Gasteiger partial charge in [-0.05, 0) is 25.0 Å². The molecule has 0 unspecified atom stereocenters. The smallest absolute Gasteiger partial charge is 0.379 e. The predicted molar refractivity (Wildman–Crippen MR) is 89.5 cm³/mol. The van der Waals surface area contributed by atoms with Gasteiger partial charge in [-0.1, -0.05) is 0 Å². The van der Waals surface area contributed by atoms with Gasteiger partial charge in [-0.3, -0.25) is 9.78 Å². The van der Waals surface area contributed by atoms with Gasteiger partial charge in [0, 0.05) is 32.4 Å². The molecule has 2 aliphatic rings. The van der Waals surface area contributed by atoms with Gasteiger partial charge in [-0.15, -0.1) is 0 Å². The van der Waals surface area contributed by atoms with E-state index in [4.69, 9.17) is 4.74 Å². The molecule has 2 saturated heterocycles. The lowest BCUT2D eigenvalue weighted by molar-refractivity contribution is -0.141. The Morgan fingerprint density at radius 1 is 1.19 bits per heavy atom. The lowest BCUT2D eigenvalue weighted by Crippen LogP contribution is -2.51. The topological polar surface area (TPSA) is 79.8 Å². The minimum Gasteiger partial charge on any atom is -0.379 e. The van der Waals surface area contributed by atoms with Gasteiger partial charge < -0.3 is 9.64 Å². The first-order valence-electron chi connectivity index (χ1n) is 8.59. The number of ether oxygens (including phenoxy) is 1. The number of piperidine rings is 1. The fraction of sp³-hybridized carbons (Fsp3) is 0.625. The maximum atomic E-state index is 12.8. The van der Waals surface area contributed by atoms with E-state index in [9.17, 15) is 26.4 Å². The van der Waals surface area contributed by atoms with Crippen LogP contribution in [-0.4, -0.2) is 73.2 Å². The molecule has 1 atom stereocenters. The second kappa shape index (κ2) is 7.72. The normalized spacial score (nSPS) is 22.6. The molecule has 0 bridgehead atoms. The number of rotatable bonds is 3. The highest BCUT2D eigenvalue weighted by atomic mass is 32.2. The van der Waals surface area contributed by atoms with Crippen LogP contribution in [0.15, 0.2) is 18.3 Å². The highest BCUT2D eigenvalue weighted by molar-refractivity contribution is 7.89. The Hall–Kier alpha value is -1.72. The van der Waals surface area contributed by atoms with Crippen molar-refractivity contribution < 1.29 is 31.1 Å². The van der Waals surface area contributed by atoms with Crippen molar-refractivity contribution in [1.82, 2.24) is 14.2 Å². The van der Waals surface area contributed by atoms with Crippen molar-refractivity contribution >= 4 is 15.9 Å². The van der Waals surface area contributed by atoms with Crippen LogP contribution in [0, 0.1) is 0 Å². The van der Waals surface area contributed by atoms with Crippen LogP contribution in [0.2, 0.25) is 0 Å². The van der Waals surface area contributed by atoms with Crippen molar-refractivity contribution in [1.29, 1.82) is 0 Å². The van der Waals surface area contributed by atoms with E-state index in [0.717, 1.165) is 18.3 Å². The van der Waals surface area contributed by atoms with Gasteiger partial charge in [-0.2, -0.15) is 17.5 Å². The molecule has 27 heavy (non-hydrogen) atoms. The van der Waals surface area contributed by atoms with Gasteiger partial charge in [0.25, 0.3) is 5.91 Å². The quantitative estimate of drug-likeness (QED) is 0.756. The summed E-state index contributed by atoms with van der Waals surface area (Å²) in [5.41, 5.74) is -1.07. The van der Waals surface area contributed by atoms with Gasteiger partial charge >= 0.3 is 6.18 Å². The van der Waals surface area contributed by atoms with Crippen LogP contribution < -0.4 is 0 Å².